The highest BCUT2D eigenvalue weighted by molar-refractivity contribution is 6.13. The molecule has 0 atom stereocenters. The van der Waals surface area contributed by atoms with Gasteiger partial charge in [-0.3, -0.25) is 10.1 Å². The molecule has 2 aromatic heterocycles. The van der Waals surface area contributed by atoms with E-state index in [9.17, 15) is 0 Å². The number of anilines is 2. The van der Waals surface area contributed by atoms with Crippen LogP contribution in [0.3, 0.4) is 0 Å². The first-order valence-electron chi connectivity index (χ1n) is 10.8. The van der Waals surface area contributed by atoms with Crippen LogP contribution in [0.5, 0.6) is 5.75 Å². The molecule has 0 amide bonds. The third-order valence-electron chi connectivity index (χ3n) is 5.79. The molecule has 8 nitrogen and oxygen atoms in total. The Morgan fingerprint density at radius 2 is 2.13 bits per heavy atom. The van der Waals surface area contributed by atoms with Gasteiger partial charge < -0.3 is 19.8 Å². The summed E-state index contributed by atoms with van der Waals surface area (Å²) in [5.41, 5.74) is 9.47. The predicted octanol–water partition coefficient (Wildman–Crippen LogP) is 3.88. The number of benzene rings is 1. The van der Waals surface area contributed by atoms with E-state index in [4.69, 9.17) is 25.3 Å². The van der Waals surface area contributed by atoms with E-state index in [1.807, 2.05) is 39.1 Å². The van der Waals surface area contributed by atoms with Gasteiger partial charge in [0, 0.05) is 44.7 Å². The van der Waals surface area contributed by atoms with E-state index in [1.54, 1.807) is 10.7 Å². The van der Waals surface area contributed by atoms with Gasteiger partial charge in [-0.1, -0.05) is 0 Å². The van der Waals surface area contributed by atoms with E-state index in [2.05, 4.69) is 10.00 Å². The monoisotopic (exact) mass is 422 g/mol. The lowest BCUT2D eigenvalue weighted by molar-refractivity contribution is 0.242. The van der Waals surface area contributed by atoms with Gasteiger partial charge >= 0.3 is 0 Å². The number of aromatic nitrogens is 3. The molecule has 3 aromatic rings. The fourth-order valence-electron chi connectivity index (χ4n) is 3.99. The normalized spacial score (nSPS) is 15.9. The molecule has 31 heavy (non-hydrogen) atoms. The Morgan fingerprint density at radius 3 is 2.87 bits per heavy atom. The zero-order valence-electron chi connectivity index (χ0n) is 18.2. The molecule has 0 bridgehead atoms. The molecule has 3 N–H and O–H groups in total. The Morgan fingerprint density at radius 1 is 1.32 bits per heavy atom. The molecule has 1 aliphatic heterocycles. The standard InChI is InChI=1S/C23H28N6O2.H2/c1-13(2)30-15-6-7-17(24)16(10-15)22(25)19-11-21(27-28(19)3)29-9-8-18-20(12-29)31-23(26-18)14-4-5-14;/h6-7,10-11,13-14,25H,4-5,8-9,12,24H2,1-3H3;1H. The lowest BCUT2D eigenvalue weighted by atomic mass is 10.0. The van der Waals surface area contributed by atoms with Crippen molar-refractivity contribution < 1.29 is 10.6 Å². The molecule has 0 radical (unpaired) electrons. The van der Waals surface area contributed by atoms with E-state index in [1.165, 1.54) is 12.8 Å². The number of oxazole rings is 1. The van der Waals surface area contributed by atoms with Gasteiger partial charge in [-0.05, 0) is 44.9 Å². The first-order valence-corrected chi connectivity index (χ1v) is 10.8. The molecule has 5 rings (SSSR count). The zero-order chi connectivity index (χ0) is 21.7. The van der Waals surface area contributed by atoms with Gasteiger partial charge in [0.05, 0.1) is 29.7 Å². The molecule has 1 fully saturated rings. The SMILES string of the molecule is CC(C)Oc1ccc(N)c(C(=N)c2cc(N3CCc4nc(C5CC5)oc4C3)nn2C)c1.[HH]. The first-order chi connectivity index (χ1) is 14.9. The van der Waals surface area contributed by atoms with Crippen molar-refractivity contribution in [3.05, 3.63) is 52.9 Å². The molecule has 1 aromatic carbocycles. The number of aryl methyl sites for hydroxylation is 1. The average molecular weight is 423 g/mol. The lowest BCUT2D eigenvalue weighted by Crippen LogP contribution is -2.30. The second kappa shape index (κ2) is 7.44. The van der Waals surface area contributed by atoms with E-state index >= 15 is 0 Å². The molecule has 1 saturated carbocycles. The number of rotatable bonds is 6. The number of hydrogen-bond donors (Lipinski definition) is 2. The van der Waals surface area contributed by atoms with Gasteiger partial charge in [0.15, 0.2) is 11.7 Å². The Balaban J connectivity index is 0.00000245. The van der Waals surface area contributed by atoms with Crippen molar-refractivity contribution in [3.8, 4) is 5.75 Å². The maximum absolute atomic E-state index is 8.79. The van der Waals surface area contributed by atoms with Crippen molar-refractivity contribution in [1.82, 2.24) is 14.8 Å². The lowest BCUT2D eigenvalue weighted by Gasteiger charge is -2.24. The minimum atomic E-state index is 0. The summed E-state index contributed by atoms with van der Waals surface area (Å²) in [5, 5.41) is 13.5. The number of nitrogens with one attached hydrogen (secondary N) is 1. The van der Waals surface area contributed by atoms with Crippen LogP contribution in [-0.2, 0) is 20.0 Å². The first kappa shape index (κ1) is 19.7. The van der Waals surface area contributed by atoms with Crippen LogP contribution in [-0.4, -0.2) is 33.1 Å². The number of hydrogen-bond acceptors (Lipinski definition) is 7. The Hall–Kier alpha value is -3.29. The van der Waals surface area contributed by atoms with Gasteiger partial charge in [-0.15, -0.1) is 0 Å². The third kappa shape index (κ3) is 3.78. The molecule has 1 aliphatic carbocycles. The van der Waals surface area contributed by atoms with Gasteiger partial charge in [0.2, 0.25) is 0 Å². The molecular formula is C23H30N6O2. The van der Waals surface area contributed by atoms with Crippen LogP contribution >= 0.6 is 0 Å². The fraction of sp³-hybridized carbons (Fsp3) is 0.435. The summed E-state index contributed by atoms with van der Waals surface area (Å²) in [6.45, 7) is 5.42. The summed E-state index contributed by atoms with van der Waals surface area (Å²) in [7, 11) is 1.85. The van der Waals surface area contributed by atoms with Gasteiger partial charge in [0.1, 0.15) is 11.5 Å². The topological polar surface area (TPSA) is 106 Å². The van der Waals surface area contributed by atoms with Crippen LogP contribution in [0.1, 0.15) is 62.6 Å². The maximum atomic E-state index is 8.79. The Kier molecular flexibility index (Phi) is 4.72. The molecule has 8 heteroatoms. The quantitative estimate of drug-likeness (QED) is 0.461. The van der Waals surface area contributed by atoms with Gasteiger partial charge in [0.25, 0.3) is 0 Å². The molecule has 0 saturated heterocycles. The predicted molar refractivity (Wildman–Crippen MR) is 121 cm³/mol. The second-order valence-corrected chi connectivity index (χ2v) is 8.67. The van der Waals surface area contributed by atoms with Crippen LogP contribution in [0.15, 0.2) is 28.7 Å². The highest BCUT2D eigenvalue weighted by Crippen LogP contribution is 2.41. The Labute approximate surface area is 183 Å². The molecule has 0 unspecified atom stereocenters. The average Bonchev–Trinajstić information content (AvgIpc) is 3.38. The number of ether oxygens (including phenoxy) is 1. The molecular weight excluding hydrogens is 392 g/mol. The zero-order valence-corrected chi connectivity index (χ0v) is 18.2. The summed E-state index contributed by atoms with van der Waals surface area (Å²) in [6, 6.07) is 7.39. The minimum Gasteiger partial charge on any atom is -0.491 e. The summed E-state index contributed by atoms with van der Waals surface area (Å²) in [5.74, 6) is 3.88. The minimum absolute atomic E-state index is 0. The van der Waals surface area contributed by atoms with E-state index < -0.39 is 0 Å². The van der Waals surface area contributed by atoms with Crippen LogP contribution < -0.4 is 15.4 Å². The Bertz CT molecular complexity index is 1150. The smallest absolute Gasteiger partial charge is 0.197 e. The molecule has 2 aliphatic rings. The van der Waals surface area contributed by atoms with Crippen LogP contribution in [0.2, 0.25) is 0 Å². The highest BCUT2D eigenvalue weighted by atomic mass is 16.5. The van der Waals surface area contributed by atoms with Crippen molar-refractivity contribution in [2.75, 3.05) is 17.2 Å². The third-order valence-corrected chi connectivity index (χ3v) is 5.79. The van der Waals surface area contributed by atoms with Crippen molar-refractivity contribution in [2.45, 2.75) is 51.7 Å². The number of nitrogen functional groups attached to an aromatic ring is 1. The second-order valence-electron chi connectivity index (χ2n) is 8.67. The van der Waals surface area contributed by atoms with Gasteiger partial charge in [-0.25, -0.2) is 4.98 Å². The molecule has 164 valence electrons. The summed E-state index contributed by atoms with van der Waals surface area (Å²) in [6.07, 6.45) is 3.26. The highest BCUT2D eigenvalue weighted by Gasteiger charge is 2.32. The van der Waals surface area contributed by atoms with Crippen LogP contribution in [0.4, 0.5) is 11.5 Å². The number of nitrogens with two attached hydrogens (primary N) is 1. The van der Waals surface area contributed by atoms with Crippen molar-refractivity contribution in [3.63, 3.8) is 0 Å². The van der Waals surface area contributed by atoms with E-state index in [0.717, 1.165) is 36.1 Å². The van der Waals surface area contributed by atoms with Crippen molar-refractivity contribution in [1.29, 1.82) is 5.41 Å². The maximum Gasteiger partial charge on any atom is 0.197 e. The van der Waals surface area contributed by atoms with Crippen LogP contribution in [0, 0.1) is 5.41 Å². The van der Waals surface area contributed by atoms with Crippen molar-refractivity contribution >= 4 is 17.2 Å². The molecule has 3 heterocycles. The largest absolute Gasteiger partial charge is 0.491 e. The van der Waals surface area contributed by atoms with E-state index in [-0.39, 0.29) is 7.53 Å². The number of nitrogens with zero attached hydrogens (tertiary/aromatic N) is 4. The van der Waals surface area contributed by atoms with Crippen molar-refractivity contribution in [2.24, 2.45) is 7.05 Å². The summed E-state index contributed by atoms with van der Waals surface area (Å²) >= 11 is 0. The fourth-order valence-corrected chi connectivity index (χ4v) is 3.99. The van der Waals surface area contributed by atoms with Gasteiger partial charge in [-0.2, -0.15) is 5.10 Å². The molecule has 0 spiro atoms. The summed E-state index contributed by atoms with van der Waals surface area (Å²) < 4.78 is 13.6. The van der Waals surface area contributed by atoms with Crippen LogP contribution in [0.25, 0.3) is 0 Å². The summed E-state index contributed by atoms with van der Waals surface area (Å²) in [4.78, 5) is 6.87. The number of fused-ring (bicyclic) bond motifs is 1. The van der Waals surface area contributed by atoms with E-state index in [0.29, 0.717) is 40.9 Å².